The maximum absolute atomic E-state index is 11.7. The maximum Gasteiger partial charge on any atom is 0.219 e. The summed E-state index contributed by atoms with van der Waals surface area (Å²) in [6.45, 7) is 5.22. The van der Waals surface area contributed by atoms with Crippen LogP contribution in [0, 0.1) is 0 Å². The van der Waals surface area contributed by atoms with Gasteiger partial charge >= 0.3 is 0 Å². The number of piperidine rings is 1. The van der Waals surface area contributed by atoms with Crippen LogP contribution in [0.15, 0.2) is 0 Å². The van der Waals surface area contributed by atoms with Gasteiger partial charge in [0.1, 0.15) is 0 Å². The molecule has 0 radical (unpaired) electrons. The average Bonchev–Trinajstić information content (AvgIpc) is 2.81. The standard InChI is InChI=1S/C20H36N2O3/c1-17(23)21(2)18-7-14-25-20(15-18)10-12-22(13-11-20)16-19(24)8-5-3-4-6-9-19/h18,24H,3-16H2,1-2H3. The van der Waals surface area contributed by atoms with Crippen molar-refractivity contribution in [3.8, 4) is 0 Å². The number of ether oxygens (including phenoxy) is 1. The first-order valence-corrected chi connectivity index (χ1v) is 10.2. The highest BCUT2D eigenvalue weighted by Crippen LogP contribution is 2.37. The third-order valence-electron chi connectivity index (χ3n) is 6.83. The second-order valence-corrected chi connectivity index (χ2v) is 8.72. The van der Waals surface area contributed by atoms with Crippen molar-refractivity contribution in [1.29, 1.82) is 0 Å². The molecule has 2 heterocycles. The number of β-amino-alcohol motifs (C(OH)–C–C–N with tert-alkyl or cyclic N) is 1. The van der Waals surface area contributed by atoms with Gasteiger partial charge in [-0.25, -0.2) is 0 Å². The van der Waals surface area contributed by atoms with Gasteiger partial charge in [-0.3, -0.25) is 4.79 Å². The summed E-state index contributed by atoms with van der Waals surface area (Å²) in [4.78, 5) is 16.0. The molecule has 1 unspecified atom stereocenters. The fourth-order valence-electron chi connectivity index (χ4n) is 5.02. The van der Waals surface area contributed by atoms with Crippen molar-refractivity contribution in [2.24, 2.45) is 0 Å². The van der Waals surface area contributed by atoms with E-state index in [1.165, 1.54) is 12.8 Å². The lowest BCUT2D eigenvalue weighted by molar-refractivity contribution is -0.149. The first-order chi connectivity index (χ1) is 11.9. The van der Waals surface area contributed by atoms with E-state index in [-0.39, 0.29) is 11.5 Å². The lowest BCUT2D eigenvalue weighted by atomic mass is 9.81. The smallest absolute Gasteiger partial charge is 0.219 e. The van der Waals surface area contributed by atoms with Gasteiger partial charge in [-0.05, 0) is 38.5 Å². The predicted octanol–water partition coefficient (Wildman–Crippen LogP) is 2.56. The van der Waals surface area contributed by atoms with Crippen molar-refractivity contribution in [3.63, 3.8) is 0 Å². The van der Waals surface area contributed by atoms with Gasteiger partial charge in [-0.2, -0.15) is 0 Å². The normalized spacial score (nSPS) is 30.0. The van der Waals surface area contributed by atoms with Crippen molar-refractivity contribution in [1.82, 2.24) is 9.80 Å². The van der Waals surface area contributed by atoms with Crippen LogP contribution in [0.3, 0.4) is 0 Å². The zero-order chi connectivity index (χ0) is 17.9. The Hall–Kier alpha value is -0.650. The molecule has 0 bridgehead atoms. The first kappa shape index (κ1) is 19.1. The van der Waals surface area contributed by atoms with E-state index in [4.69, 9.17) is 4.74 Å². The fraction of sp³-hybridized carbons (Fsp3) is 0.950. The summed E-state index contributed by atoms with van der Waals surface area (Å²) in [6.07, 6.45) is 10.7. The summed E-state index contributed by atoms with van der Waals surface area (Å²) in [6, 6.07) is 0.309. The minimum Gasteiger partial charge on any atom is -0.389 e. The molecule has 0 aromatic rings. The number of carbonyl (C=O) groups excluding carboxylic acids is 1. The molecule has 1 aliphatic carbocycles. The number of nitrogens with zero attached hydrogens (tertiary/aromatic N) is 2. The van der Waals surface area contributed by atoms with Crippen LogP contribution in [0.5, 0.6) is 0 Å². The Morgan fingerprint density at radius 2 is 1.80 bits per heavy atom. The van der Waals surface area contributed by atoms with E-state index in [0.717, 1.165) is 77.6 Å². The molecule has 1 amide bonds. The van der Waals surface area contributed by atoms with E-state index in [9.17, 15) is 9.90 Å². The van der Waals surface area contributed by atoms with Crippen LogP contribution in [-0.4, -0.2) is 71.3 Å². The highest BCUT2D eigenvalue weighted by atomic mass is 16.5. The minimum atomic E-state index is -0.480. The van der Waals surface area contributed by atoms with Gasteiger partial charge in [0.25, 0.3) is 0 Å². The monoisotopic (exact) mass is 352 g/mol. The SMILES string of the molecule is CC(=O)N(C)C1CCOC2(CCN(CC3(O)CCCCCC3)CC2)C1. The van der Waals surface area contributed by atoms with Crippen LogP contribution < -0.4 is 0 Å². The molecule has 0 aromatic carbocycles. The van der Waals surface area contributed by atoms with Crippen LogP contribution in [0.4, 0.5) is 0 Å². The van der Waals surface area contributed by atoms with E-state index in [0.29, 0.717) is 6.04 Å². The minimum absolute atomic E-state index is 0.0603. The summed E-state index contributed by atoms with van der Waals surface area (Å²) in [5, 5.41) is 11.0. The molecule has 2 aliphatic heterocycles. The summed E-state index contributed by atoms with van der Waals surface area (Å²) < 4.78 is 6.22. The summed E-state index contributed by atoms with van der Waals surface area (Å²) in [7, 11) is 1.92. The molecular weight excluding hydrogens is 316 g/mol. The predicted molar refractivity (Wildman–Crippen MR) is 98.5 cm³/mol. The number of likely N-dealkylation sites (tertiary alicyclic amines) is 1. The van der Waals surface area contributed by atoms with Gasteiger partial charge in [0.15, 0.2) is 0 Å². The van der Waals surface area contributed by atoms with Gasteiger partial charge in [-0.1, -0.05) is 25.7 Å². The topological polar surface area (TPSA) is 53.0 Å². The third kappa shape index (κ3) is 4.75. The molecular formula is C20H36N2O3. The highest BCUT2D eigenvalue weighted by Gasteiger charge is 2.42. The molecule has 5 nitrogen and oxygen atoms in total. The molecule has 1 spiro atoms. The Bertz CT molecular complexity index is 452. The lowest BCUT2D eigenvalue weighted by Gasteiger charge is -2.48. The molecule has 0 aromatic heterocycles. The second-order valence-electron chi connectivity index (χ2n) is 8.72. The largest absolute Gasteiger partial charge is 0.389 e. The lowest BCUT2D eigenvalue weighted by Crippen LogP contribution is -2.55. The van der Waals surface area contributed by atoms with Gasteiger partial charge in [0, 0.05) is 46.3 Å². The molecule has 144 valence electrons. The Morgan fingerprint density at radius 1 is 1.16 bits per heavy atom. The van der Waals surface area contributed by atoms with Crippen LogP contribution >= 0.6 is 0 Å². The first-order valence-electron chi connectivity index (χ1n) is 10.2. The van der Waals surface area contributed by atoms with Gasteiger partial charge in [0.2, 0.25) is 5.91 Å². The zero-order valence-electron chi connectivity index (χ0n) is 16.1. The fourth-order valence-corrected chi connectivity index (χ4v) is 5.02. The van der Waals surface area contributed by atoms with Crippen molar-refractivity contribution >= 4 is 5.91 Å². The number of hydrogen-bond donors (Lipinski definition) is 1. The Labute approximate surface area is 152 Å². The third-order valence-corrected chi connectivity index (χ3v) is 6.83. The Kier molecular flexibility index (Phi) is 6.07. The van der Waals surface area contributed by atoms with Gasteiger partial charge < -0.3 is 19.6 Å². The number of rotatable bonds is 3. The Morgan fingerprint density at radius 3 is 2.40 bits per heavy atom. The Balaban J connectivity index is 1.53. The van der Waals surface area contributed by atoms with E-state index in [2.05, 4.69) is 4.90 Å². The van der Waals surface area contributed by atoms with E-state index in [1.807, 2.05) is 11.9 Å². The summed E-state index contributed by atoms with van der Waals surface area (Å²) in [5.41, 5.74) is -0.541. The molecule has 3 rings (SSSR count). The molecule has 1 saturated carbocycles. The van der Waals surface area contributed by atoms with Crippen molar-refractivity contribution in [3.05, 3.63) is 0 Å². The molecule has 5 heteroatoms. The molecule has 3 fully saturated rings. The molecule has 3 aliphatic rings. The summed E-state index contributed by atoms with van der Waals surface area (Å²) in [5.74, 6) is 0.148. The number of aliphatic hydroxyl groups is 1. The maximum atomic E-state index is 11.7. The van der Waals surface area contributed by atoms with Crippen molar-refractivity contribution in [2.45, 2.75) is 88.4 Å². The van der Waals surface area contributed by atoms with E-state index >= 15 is 0 Å². The van der Waals surface area contributed by atoms with Crippen molar-refractivity contribution < 1.29 is 14.6 Å². The quantitative estimate of drug-likeness (QED) is 0.793. The van der Waals surface area contributed by atoms with Crippen LogP contribution in [0.1, 0.15) is 71.1 Å². The van der Waals surface area contributed by atoms with E-state index < -0.39 is 5.60 Å². The van der Waals surface area contributed by atoms with E-state index in [1.54, 1.807) is 6.92 Å². The molecule has 25 heavy (non-hydrogen) atoms. The van der Waals surface area contributed by atoms with Gasteiger partial charge in [0.05, 0.1) is 11.2 Å². The summed E-state index contributed by atoms with van der Waals surface area (Å²) >= 11 is 0. The van der Waals surface area contributed by atoms with Crippen molar-refractivity contribution in [2.75, 3.05) is 33.3 Å². The average molecular weight is 353 g/mol. The van der Waals surface area contributed by atoms with Crippen LogP contribution in [0.25, 0.3) is 0 Å². The zero-order valence-corrected chi connectivity index (χ0v) is 16.1. The van der Waals surface area contributed by atoms with Gasteiger partial charge in [-0.15, -0.1) is 0 Å². The molecule has 2 saturated heterocycles. The molecule has 1 N–H and O–H groups in total. The number of carbonyl (C=O) groups is 1. The highest BCUT2D eigenvalue weighted by molar-refractivity contribution is 5.73. The molecule has 1 atom stereocenters. The van der Waals surface area contributed by atoms with Crippen LogP contribution in [0.2, 0.25) is 0 Å². The second kappa shape index (κ2) is 7.93. The van der Waals surface area contributed by atoms with Crippen LogP contribution in [-0.2, 0) is 9.53 Å². The number of hydrogen-bond acceptors (Lipinski definition) is 4. The number of amides is 1.